The van der Waals surface area contributed by atoms with Gasteiger partial charge >= 0.3 is 0 Å². The Morgan fingerprint density at radius 1 is 1.54 bits per heavy atom. The molecule has 1 aromatic rings. The highest BCUT2D eigenvalue weighted by Gasteiger charge is 2.13. The predicted molar refractivity (Wildman–Crippen MR) is 57.6 cm³/mol. The Kier molecular flexibility index (Phi) is 2.44. The summed E-state index contributed by atoms with van der Waals surface area (Å²) in [6.07, 6.45) is 6.42. The van der Waals surface area contributed by atoms with Gasteiger partial charge in [0.25, 0.3) is 0 Å². The smallest absolute Gasteiger partial charge is 0.0638 e. The van der Waals surface area contributed by atoms with Gasteiger partial charge in [0.2, 0.25) is 0 Å². The van der Waals surface area contributed by atoms with Crippen molar-refractivity contribution in [3.8, 4) is 0 Å². The first-order valence-electron chi connectivity index (χ1n) is 4.59. The summed E-state index contributed by atoms with van der Waals surface area (Å²) in [5, 5.41) is 3.43. The fourth-order valence-electron chi connectivity index (χ4n) is 1.74. The van der Waals surface area contributed by atoms with Gasteiger partial charge in [-0.05, 0) is 31.6 Å². The number of rotatable bonds is 1. The number of thioether (sulfide) groups is 1. The fourth-order valence-corrected chi connectivity index (χ4v) is 2.30. The lowest BCUT2D eigenvalue weighted by molar-refractivity contribution is 0.793. The third kappa shape index (κ3) is 1.53. The Morgan fingerprint density at radius 2 is 2.38 bits per heavy atom. The average molecular weight is 194 g/mol. The Hall–Kier alpha value is -0.700. The summed E-state index contributed by atoms with van der Waals surface area (Å²) in [5.74, 6) is 0. The number of aryl methyl sites for hydroxylation is 1. The summed E-state index contributed by atoms with van der Waals surface area (Å²) < 4.78 is 0. The molecule has 2 rings (SSSR count). The molecule has 1 aromatic heterocycles. The third-order valence-electron chi connectivity index (χ3n) is 2.48. The maximum Gasteiger partial charge on any atom is 0.0638 e. The number of pyridine rings is 1. The molecule has 2 heterocycles. The molecule has 1 aliphatic rings. The SMILES string of the molecule is CSc1cnc2c(c1C)NCCC2. The Bertz CT molecular complexity index is 323. The molecular weight excluding hydrogens is 180 g/mol. The van der Waals surface area contributed by atoms with Crippen molar-refractivity contribution in [1.29, 1.82) is 0 Å². The molecule has 0 aromatic carbocycles. The zero-order chi connectivity index (χ0) is 9.26. The molecule has 0 atom stereocenters. The van der Waals surface area contributed by atoms with Crippen molar-refractivity contribution in [2.24, 2.45) is 0 Å². The maximum atomic E-state index is 4.47. The van der Waals surface area contributed by atoms with Crippen LogP contribution >= 0.6 is 11.8 Å². The first-order chi connectivity index (χ1) is 6.33. The van der Waals surface area contributed by atoms with Gasteiger partial charge in [-0.1, -0.05) is 0 Å². The normalized spacial score (nSPS) is 14.9. The standard InChI is InChI=1S/C10H14N2S/c1-7-9(13-2)6-12-8-4-3-5-11-10(7)8/h6,11H,3-5H2,1-2H3. The number of hydrogen-bond acceptors (Lipinski definition) is 3. The minimum absolute atomic E-state index is 1.09. The largest absolute Gasteiger partial charge is 0.383 e. The van der Waals surface area contributed by atoms with Crippen LogP contribution in [0.2, 0.25) is 0 Å². The molecule has 1 aliphatic heterocycles. The lowest BCUT2D eigenvalue weighted by Gasteiger charge is -2.20. The molecule has 13 heavy (non-hydrogen) atoms. The molecule has 3 heteroatoms. The molecule has 70 valence electrons. The van der Waals surface area contributed by atoms with E-state index < -0.39 is 0 Å². The topological polar surface area (TPSA) is 24.9 Å². The molecule has 0 amide bonds. The second-order valence-corrected chi connectivity index (χ2v) is 4.15. The van der Waals surface area contributed by atoms with Crippen molar-refractivity contribution in [2.75, 3.05) is 18.1 Å². The summed E-state index contributed by atoms with van der Waals surface area (Å²) in [6.45, 7) is 3.26. The summed E-state index contributed by atoms with van der Waals surface area (Å²) in [5.41, 5.74) is 3.87. The van der Waals surface area contributed by atoms with Gasteiger partial charge in [-0.2, -0.15) is 0 Å². The van der Waals surface area contributed by atoms with Crippen LogP contribution in [-0.4, -0.2) is 17.8 Å². The Labute approximate surface area is 83.1 Å². The van der Waals surface area contributed by atoms with Crippen molar-refractivity contribution in [1.82, 2.24) is 4.98 Å². The van der Waals surface area contributed by atoms with Gasteiger partial charge in [-0.15, -0.1) is 11.8 Å². The van der Waals surface area contributed by atoms with Crippen molar-refractivity contribution in [3.63, 3.8) is 0 Å². The predicted octanol–water partition coefficient (Wildman–Crippen LogP) is 2.47. The minimum Gasteiger partial charge on any atom is -0.383 e. The van der Waals surface area contributed by atoms with Crippen LogP contribution < -0.4 is 5.32 Å². The average Bonchev–Trinajstić information content (AvgIpc) is 2.19. The summed E-state index contributed by atoms with van der Waals surface area (Å²) in [4.78, 5) is 5.75. The van der Waals surface area contributed by atoms with Gasteiger partial charge in [0, 0.05) is 17.6 Å². The van der Waals surface area contributed by atoms with Crippen LogP contribution in [0.15, 0.2) is 11.1 Å². The highest BCUT2D eigenvalue weighted by atomic mass is 32.2. The van der Waals surface area contributed by atoms with E-state index in [-0.39, 0.29) is 0 Å². The van der Waals surface area contributed by atoms with Crippen LogP contribution in [0.5, 0.6) is 0 Å². The second-order valence-electron chi connectivity index (χ2n) is 3.30. The number of nitrogens with one attached hydrogen (secondary N) is 1. The highest BCUT2D eigenvalue weighted by molar-refractivity contribution is 7.98. The van der Waals surface area contributed by atoms with Crippen LogP contribution in [-0.2, 0) is 6.42 Å². The monoisotopic (exact) mass is 194 g/mol. The number of nitrogens with zero attached hydrogens (tertiary/aromatic N) is 1. The van der Waals surface area contributed by atoms with Crippen molar-refractivity contribution < 1.29 is 0 Å². The van der Waals surface area contributed by atoms with Crippen molar-refractivity contribution >= 4 is 17.4 Å². The second kappa shape index (κ2) is 3.58. The molecule has 0 saturated carbocycles. The molecule has 0 fully saturated rings. The van der Waals surface area contributed by atoms with E-state index in [4.69, 9.17) is 0 Å². The summed E-state index contributed by atoms with van der Waals surface area (Å²) in [6, 6.07) is 0. The van der Waals surface area contributed by atoms with Crippen LogP contribution in [0.1, 0.15) is 17.7 Å². The van der Waals surface area contributed by atoms with E-state index >= 15 is 0 Å². The quantitative estimate of drug-likeness (QED) is 0.695. The fraction of sp³-hybridized carbons (Fsp3) is 0.500. The molecule has 1 N–H and O–H groups in total. The number of aromatic nitrogens is 1. The van der Waals surface area contributed by atoms with Crippen molar-refractivity contribution in [2.45, 2.75) is 24.7 Å². The number of fused-ring (bicyclic) bond motifs is 1. The number of anilines is 1. The van der Waals surface area contributed by atoms with E-state index in [0.29, 0.717) is 0 Å². The lowest BCUT2D eigenvalue weighted by atomic mass is 10.1. The maximum absolute atomic E-state index is 4.47. The van der Waals surface area contributed by atoms with E-state index in [1.165, 1.54) is 28.3 Å². The molecule has 0 unspecified atom stereocenters. The molecule has 0 bridgehead atoms. The first kappa shape index (κ1) is 8.88. The molecule has 0 spiro atoms. The molecule has 0 aliphatic carbocycles. The Balaban J connectivity index is 2.48. The van der Waals surface area contributed by atoms with Gasteiger partial charge < -0.3 is 5.32 Å². The molecule has 0 radical (unpaired) electrons. The van der Waals surface area contributed by atoms with E-state index in [0.717, 1.165) is 13.0 Å². The van der Waals surface area contributed by atoms with Crippen LogP contribution in [0.3, 0.4) is 0 Å². The van der Waals surface area contributed by atoms with Gasteiger partial charge in [0.1, 0.15) is 0 Å². The zero-order valence-corrected chi connectivity index (χ0v) is 8.87. The molecule has 2 nitrogen and oxygen atoms in total. The third-order valence-corrected chi connectivity index (χ3v) is 3.33. The summed E-state index contributed by atoms with van der Waals surface area (Å²) in [7, 11) is 0. The molecular formula is C10H14N2S. The zero-order valence-electron chi connectivity index (χ0n) is 8.05. The lowest BCUT2D eigenvalue weighted by Crippen LogP contribution is -2.14. The van der Waals surface area contributed by atoms with Gasteiger partial charge in [0.15, 0.2) is 0 Å². The van der Waals surface area contributed by atoms with E-state index in [1.54, 1.807) is 11.8 Å². The number of hydrogen-bond donors (Lipinski definition) is 1. The van der Waals surface area contributed by atoms with Crippen LogP contribution in [0.4, 0.5) is 5.69 Å². The van der Waals surface area contributed by atoms with E-state index in [9.17, 15) is 0 Å². The van der Waals surface area contributed by atoms with Crippen LogP contribution in [0.25, 0.3) is 0 Å². The van der Waals surface area contributed by atoms with Gasteiger partial charge in [0.05, 0.1) is 11.4 Å². The first-order valence-corrected chi connectivity index (χ1v) is 5.81. The van der Waals surface area contributed by atoms with E-state index in [2.05, 4.69) is 23.5 Å². The molecule has 0 saturated heterocycles. The highest BCUT2D eigenvalue weighted by Crippen LogP contribution is 2.30. The van der Waals surface area contributed by atoms with Crippen molar-refractivity contribution in [3.05, 3.63) is 17.5 Å². The van der Waals surface area contributed by atoms with E-state index in [1.807, 2.05) is 6.20 Å². The van der Waals surface area contributed by atoms with Gasteiger partial charge in [-0.25, -0.2) is 0 Å². The Morgan fingerprint density at radius 3 is 3.15 bits per heavy atom. The summed E-state index contributed by atoms with van der Waals surface area (Å²) >= 11 is 1.77. The van der Waals surface area contributed by atoms with Gasteiger partial charge in [-0.3, -0.25) is 4.98 Å². The minimum atomic E-state index is 1.09. The van der Waals surface area contributed by atoms with Crippen LogP contribution in [0, 0.1) is 6.92 Å².